The average molecular weight is 407 g/mol. The zero-order valence-corrected chi connectivity index (χ0v) is 17.4. The van der Waals surface area contributed by atoms with Crippen molar-refractivity contribution in [1.29, 1.82) is 0 Å². The smallest absolute Gasteiger partial charge is 0.246 e. The molecular weight excluding hydrogens is 380 g/mol. The molecule has 2 aromatic carbocycles. The molecule has 2 heterocycles. The third-order valence-electron chi connectivity index (χ3n) is 5.23. The highest BCUT2D eigenvalue weighted by atomic mass is 32.1. The highest BCUT2D eigenvalue weighted by Crippen LogP contribution is 2.25. The van der Waals surface area contributed by atoms with Crippen LogP contribution in [-0.2, 0) is 11.3 Å². The van der Waals surface area contributed by atoms with Crippen molar-refractivity contribution in [3.8, 4) is 0 Å². The number of benzene rings is 2. The van der Waals surface area contributed by atoms with Crippen LogP contribution in [0.15, 0.2) is 66.0 Å². The van der Waals surface area contributed by atoms with E-state index < -0.39 is 0 Å². The fraction of sp³-hybridized carbons (Fsp3) is 0.304. The number of anilines is 1. The Bertz CT molecular complexity index is 920. The Balaban J connectivity index is 1.45. The Morgan fingerprint density at radius 2 is 1.69 bits per heavy atom. The molecule has 4 rings (SSSR count). The molecule has 1 aliphatic heterocycles. The van der Waals surface area contributed by atoms with E-state index in [0.717, 1.165) is 54.7 Å². The topological polar surface area (TPSA) is 48.5 Å². The Morgan fingerprint density at radius 3 is 2.31 bits per heavy atom. The van der Waals surface area contributed by atoms with Crippen molar-refractivity contribution >= 4 is 22.9 Å². The Kier molecular flexibility index (Phi) is 6.34. The molecule has 1 N–H and O–H groups in total. The first-order valence-corrected chi connectivity index (χ1v) is 10.9. The van der Waals surface area contributed by atoms with Crippen molar-refractivity contribution in [3.05, 3.63) is 82.3 Å². The second-order valence-electron chi connectivity index (χ2n) is 7.34. The van der Waals surface area contributed by atoms with E-state index in [9.17, 15) is 4.79 Å². The average Bonchev–Trinajstić information content (AvgIpc) is 3.15. The molecule has 1 amide bonds. The van der Waals surface area contributed by atoms with E-state index in [-0.39, 0.29) is 11.9 Å². The van der Waals surface area contributed by atoms with Crippen molar-refractivity contribution in [1.82, 2.24) is 14.8 Å². The monoisotopic (exact) mass is 406 g/mol. The van der Waals surface area contributed by atoms with Gasteiger partial charge in [-0.2, -0.15) is 0 Å². The van der Waals surface area contributed by atoms with Gasteiger partial charge < -0.3 is 5.32 Å². The molecule has 1 aliphatic rings. The summed E-state index contributed by atoms with van der Waals surface area (Å²) in [5, 5.41) is 6.34. The van der Waals surface area contributed by atoms with Gasteiger partial charge in [0.25, 0.3) is 0 Å². The second-order valence-corrected chi connectivity index (χ2v) is 8.40. The van der Waals surface area contributed by atoms with Crippen LogP contribution in [0.25, 0.3) is 0 Å². The van der Waals surface area contributed by atoms with Gasteiger partial charge in [0.1, 0.15) is 6.04 Å². The Labute approximate surface area is 176 Å². The van der Waals surface area contributed by atoms with Crippen LogP contribution in [0, 0.1) is 6.92 Å². The largest absolute Gasteiger partial charge is 0.324 e. The number of nitrogens with one attached hydrogen (secondary N) is 1. The Morgan fingerprint density at radius 1 is 1.03 bits per heavy atom. The van der Waals surface area contributed by atoms with Gasteiger partial charge in [0, 0.05) is 43.8 Å². The minimum absolute atomic E-state index is 0.0194. The molecule has 1 fully saturated rings. The van der Waals surface area contributed by atoms with Gasteiger partial charge in [0.15, 0.2) is 0 Å². The molecule has 3 aromatic rings. The van der Waals surface area contributed by atoms with Crippen molar-refractivity contribution in [3.63, 3.8) is 0 Å². The van der Waals surface area contributed by atoms with Crippen molar-refractivity contribution in [2.24, 2.45) is 0 Å². The lowest BCUT2D eigenvalue weighted by atomic mass is 10.0. The highest BCUT2D eigenvalue weighted by molar-refractivity contribution is 7.09. The SMILES string of the molecule is Cc1nc(CN2CCN([C@H](C(=O)Nc3ccccc3)c3ccccc3)CC2)cs1. The maximum absolute atomic E-state index is 13.2. The number of nitrogens with zero attached hydrogens (tertiary/aromatic N) is 3. The van der Waals surface area contributed by atoms with E-state index in [1.54, 1.807) is 11.3 Å². The lowest BCUT2D eigenvalue weighted by Gasteiger charge is -2.38. The molecule has 1 saturated heterocycles. The van der Waals surface area contributed by atoms with Crippen molar-refractivity contribution in [2.45, 2.75) is 19.5 Å². The van der Waals surface area contributed by atoms with Crippen LogP contribution in [0.1, 0.15) is 22.3 Å². The molecule has 150 valence electrons. The van der Waals surface area contributed by atoms with Crippen LogP contribution < -0.4 is 5.32 Å². The molecule has 0 saturated carbocycles. The van der Waals surface area contributed by atoms with E-state index >= 15 is 0 Å². The second kappa shape index (κ2) is 9.31. The molecule has 0 spiro atoms. The zero-order valence-electron chi connectivity index (χ0n) is 16.6. The Hall–Kier alpha value is -2.54. The van der Waals surface area contributed by atoms with Gasteiger partial charge in [-0.05, 0) is 24.6 Å². The summed E-state index contributed by atoms with van der Waals surface area (Å²) in [4.78, 5) is 22.5. The summed E-state index contributed by atoms with van der Waals surface area (Å²) in [7, 11) is 0. The number of thiazole rings is 1. The van der Waals surface area contributed by atoms with Gasteiger partial charge in [0.05, 0.1) is 10.7 Å². The van der Waals surface area contributed by atoms with Crippen LogP contribution in [0.2, 0.25) is 0 Å². The first-order valence-electron chi connectivity index (χ1n) is 9.97. The van der Waals surface area contributed by atoms with E-state index in [1.165, 1.54) is 0 Å². The molecule has 5 nitrogen and oxygen atoms in total. The third-order valence-corrected chi connectivity index (χ3v) is 6.05. The molecule has 1 aromatic heterocycles. The first kappa shape index (κ1) is 19.8. The van der Waals surface area contributed by atoms with Gasteiger partial charge in [-0.25, -0.2) is 4.98 Å². The standard InChI is InChI=1S/C23H26N4OS/c1-18-24-21(17-29-18)16-26-12-14-27(15-13-26)22(19-8-4-2-5-9-19)23(28)25-20-10-6-3-7-11-20/h2-11,17,22H,12-16H2,1H3,(H,25,28)/t22-/m0/s1. The molecule has 0 unspecified atom stereocenters. The quantitative estimate of drug-likeness (QED) is 0.673. The van der Waals surface area contributed by atoms with Gasteiger partial charge in [-0.3, -0.25) is 14.6 Å². The number of hydrogen-bond acceptors (Lipinski definition) is 5. The number of aromatic nitrogens is 1. The lowest BCUT2D eigenvalue weighted by Crippen LogP contribution is -2.49. The van der Waals surface area contributed by atoms with Crippen LogP contribution in [0.4, 0.5) is 5.69 Å². The van der Waals surface area contributed by atoms with E-state index in [1.807, 2.05) is 67.6 Å². The van der Waals surface area contributed by atoms with Crippen LogP contribution >= 0.6 is 11.3 Å². The molecule has 0 aliphatic carbocycles. The summed E-state index contributed by atoms with van der Waals surface area (Å²) in [6.45, 7) is 6.49. The van der Waals surface area contributed by atoms with Gasteiger partial charge >= 0.3 is 0 Å². The van der Waals surface area contributed by atoms with Crippen LogP contribution in [0.5, 0.6) is 0 Å². The zero-order chi connectivity index (χ0) is 20.1. The minimum Gasteiger partial charge on any atom is -0.324 e. The maximum atomic E-state index is 13.2. The van der Waals surface area contributed by atoms with Crippen LogP contribution in [-0.4, -0.2) is 46.9 Å². The fourth-order valence-electron chi connectivity index (χ4n) is 3.79. The minimum atomic E-state index is -0.292. The summed E-state index contributed by atoms with van der Waals surface area (Å²) >= 11 is 1.70. The maximum Gasteiger partial charge on any atom is 0.246 e. The number of rotatable bonds is 6. The molecule has 0 bridgehead atoms. The van der Waals surface area contributed by atoms with Crippen LogP contribution in [0.3, 0.4) is 0 Å². The highest BCUT2D eigenvalue weighted by Gasteiger charge is 2.30. The summed E-state index contributed by atoms with van der Waals surface area (Å²) in [5.74, 6) is 0.0194. The number of hydrogen-bond donors (Lipinski definition) is 1. The van der Waals surface area contributed by atoms with E-state index in [4.69, 9.17) is 0 Å². The third kappa shape index (κ3) is 5.09. The molecule has 6 heteroatoms. The summed E-state index contributed by atoms with van der Waals surface area (Å²) in [5.41, 5.74) is 3.00. The van der Waals surface area contributed by atoms with Gasteiger partial charge in [0.2, 0.25) is 5.91 Å². The fourth-order valence-corrected chi connectivity index (χ4v) is 4.39. The first-order chi connectivity index (χ1) is 14.2. The lowest BCUT2D eigenvalue weighted by molar-refractivity contribution is -0.122. The normalized spacial score (nSPS) is 16.4. The molecule has 0 radical (unpaired) electrons. The number of para-hydroxylation sites is 1. The number of carbonyl (C=O) groups is 1. The van der Waals surface area contributed by atoms with E-state index in [2.05, 4.69) is 25.5 Å². The van der Waals surface area contributed by atoms with Crippen molar-refractivity contribution < 1.29 is 4.79 Å². The van der Waals surface area contributed by atoms with E-state index in [0.29, 0.717) is 0 Å². The summed E-state index contributed by atoms with van der Waals surface area (Å²) in [6, 6.07) is 19.5. The number of amides is 1. The number of carbonyl (C=O) groups excluding carboxylic acids is 1. The summed E-state index contributed by atoms with van der Waals surface area (Å²) < 4.78 is 0. The molecular formula is C23H26N4OS. The molecule has 1 atom stereocenters. The summed E-state index contributed by atoms with van der Waals surface area (Å²) in [6.07, 6.45) is 0. The van der Waals surface area contributed by atoms with Crippen molar-refractivity contribution in [2.75, 3.05) is 31.5 Å². The predicted molar refractivity (Wildman–Crippen MR) is 118 cm³/mol. The molecule has 29 heavy (non-hydrogen) atoms. The van der Waals surface area contributed by atoms with Gasteiger partial charge in [-0.15, -0.1) is 11.3 Å². The number of piperazine rings is 1. The predicted octanol–water partition coefficient (Wildman–Crippen LogP) is 3.95. The number of aryl methyl sites for hydroxylation is 1. The van der Waals surface area contributed by atoms with Gasteiger partial charge in [-0.1, -0.05) is 48.5 Å².